The van der Waals surface area contributed by atoms with Crippen LogP contribution in [0.1, 0.15) is 11.6 Å². The summed E-state index contributed by atoms with van der Waals surface area (Å²) in [4.78, 5) is 0. The molecule has 0 amide bonds. The van der Waals surface area contributed by atoms with E-state index >= 15 is 0 Å². The maximum atomic E-state index is 12.5. The second-order valence-electron chi connectivity index (χ2n) is 3.25. The van der Waals surface area contributed by atoms with E-state index in [4.69, 9.17) is 15.2 Å². The first-order valence-corrected chi connectivity index (χ1v) is 5.34. The topological polar surface area (TPSA) is 44.5 Å². The minimum Gasteiger partial charge on any atom is -0.496 e. The first kappa shape index (κ1) is 14.1. The van der Waals surface area contributed by atoms with Gasteiger partial charge in [0.1, 0.15) is 17.5 Å². The van der Waals surface area contributed by atoms with Crippen molar-refractivity contribution in [3.05, 3.63) is 22.2 Å². The van der Waals surface area contributed by atoms with Gasteiger partial charge in [-0.05, 0) is 22.0 Å². The lowest BCUT2D eigenvalue weighted by Crippen LogP contribution is -2.28. The van der Waals surface area contributed by atoms with Crippen LogP contribution in [-0.4, -0.2) is 20.4 Å². The average molecular weight is 314 g/mol. The van der Waals surface area contributed by atoms with Crippen LogP contribution in [0.15, 0.2) is 16.6 Å². The summed E-state index contributed by atoms with van der Waals surface area (Å²) in [5.74, 6) is 0.412. The number of hydrogen-bond acceptors (Lipinski definition) is 3. The molecule has 17 heavy (non-hydrogen) atoms. The third-order valence-corrected chi connectivity index (χ3v) is 2.81. The lowest BCUT2D eigenvalue weighted by atomic mass is 10.1. The first-order valence-electron chi connectivity index (χ1n) is 4.55. The predicted molar refractivity (Wildman–Crippen MR) is 60.2 cm³/mol. The van der Waals surface area contributed by atoms with Gasteiger partial charge in [0, 0.05) is 11.6 Å². The Bertz CT molecular complexity index is 409. The summed E-state index contributed by atoms with van der Waals surface area (Å²) in [7, 11) is 2.68. The van der Waals surface area contributed by atoms with Crippen molar-refractivity contribution in [3.8, 4) is 11.5 Å². The van der Waals surface area contributed by atoms with Gasteiger partial charge in [0.05, 0.1) is 18.7 Å². The van der Waals surface area contributed by atoms with Gasteiger partial charge in [-0.1, -0.05) is 0 Å². The second kappa shape index (κ2) is 5.14. The van der Waals surface area contributed by atoms with E-state index in [1.54, 1.807) is 0 Å². The minimum absolute atomic E-state index is 0.0369. The van der Waals surface area contributed by atoms with Crippen molar-refractivity contribution in [1.82, 2.24) is 0 Å². The molecule has 0 spiro atoms. The zero-order valence-electron chi connectivity index (χ0n) is 9.14. The number of alkyl halides is 3. The summed E-state index contributed by atoms with van der Waals surface area (Å²) >= 11 is 3.10. The molecule has 2 N–H and O–H groups in total. The summed E-state index contributed by atoms with van der Waals surface area (Å²) in [6.45, 7) is 0. The largest absolute Gasteiger partial charge is 0.496 e. The molecule has 0 heterocycles. The SMILES string of the molecule is COc1cc(OC)c([C@@H](N)C(F)(F)F)cc1Br. The molecule has 0 aliphatic rings. The molecule has 0 aliphatic heterocycles. The molecule has 0 bridgehead atoms. The summed E-state index contributed by atoms with van der Waals surface area (Å²) in [5.41, 5.74) is 5.00. The Balaban J connectivity index is 3.28. The van der Waals surface area contributed by atoms with Gasteiger partial charge in [0.2, 0.25) is 0 Å². The Kier molecular flexibility index (Phi) is 4.26. The molecular formula is C10H11BrF3NO2. The Morgan fingerprint density at radius 2 is 1.71 bits per heavy atom. The highest BCUT2D eigenvalue weighted by Crippen LogP contribution is 2.40. The van der Waals surface area contributed by atoms with Crippen LogP contribution >= 0.6 is 15.9 Å². The molecule has 0 aromatic heterocycles. The van der Waals surface area contributed by atoms with Crippen LogP contribution in [0.4, 0.5) is 13.2 Å². The van der Waals surface area contributed by atoms with Gasteiger partial charge in [-0.15, -0.1) is 0 Å². The highest BCUT2D eigenvalue weighted by molar-refractivity contribution is 9.10. The molecule has 0 aliphatic carbocycles. The average Bonchev–Trinajstić information content (AvgIpc) is 2.26. The Morgan fingerprint density at radius 3 is 2.12 bits per heavy atom. The molecule has 96 valence electrons. The molecule has 1 aromatic carbocycles. The summed E-state index contributed by atoms with van der Waals surface area (Å²) in [6.07, 6.45) is -4.53. The monoisotopic (exact) mass is 313 g/mol. The first-order chi connectivity index (χ1) is 7.81. The van der Waals surface area contributed by atoms with E-state index < -0.39 is 12.2 Å². The lowest BCUT2D eigenvalue weighted by molar-refractivity contribution is -0.149. The number of ether oxygens (including phenoxy) is 2. The van der Waals surface area contributed by atoms with E-state index in [0.717, 1.165) is 0 Å². The highest BCUT2D eigenvalue weighted by atomic mass is 79.9. The number of benzene rings is 1. The van der Waals surface area contributed by atoms with Crippen LogP contribution in [0, 0.1) is 0 Å². The third-order valence-electron chi connectivity index (χ3n) is 2.19. The standard InChI is InChI=1S/C10H11BrF3NO2/c1-16-7-4-8(17-2)6(11)3-5(7)9(15)10(12,13)14/h3-4,9H,15H2,1-2H3/t9-/m1/s1. The molecule has 1 aromatic rings. The van der Waals surface area contributed by atoms with Gasteiger partial charge in [0.25, 0.3) is 0 Å². The molecule has 1 rings (SSSR count). The number of rotatable bonds is 3. The van der Waals surface area contributed by atoms with Gasteiger partial charge < -0.3 is 15.2 Å². The normalized spacial score (nSPS) is 13.4. The van der Waals surface area contributed by atoms with Gasteiger partial charge in [0.15, 0.2) is 0 Å². The van der Waals surface area contributed by atoms with Crippen LogP contribution in [0.25, 0.3) is 0 Å². The summed E-state index contributed by atoms with van der Waals surface area (Å²) < 4.78 is 47.8. The van der Waals surface area contributed by atoms with Crippen molar-refractivity contribution < 1.29 is 22.6 Å². The smallest absolute Gasteiger partial charge is 0.407 e. The van der Waals surface area contributed by atoms with Crippen molar-refractivity contribution in [2.45, 2.75) is 12.2 Å². The number of methoxy groups -OCH3 is 2. The zero-order valence-corrected chi connectivity index (χ0v) is 10.7. The van der Waals surface area contributed by atoms with E-state index in [0.29, 0.717) is 10.2 Å². The Hall–Kier alpha value is -0.950. The maximum absolute atomic E-state index is 12.5. The number of halogens is 4. The second-order valence-corrected chi connectivity index (χ2v) is 4.10. The summed E-state index contributed by atoms with van der Waals surface area (Å²) in [6, 6.07) is 0.501. The lowest BCUT2D eigenvalue weighted by Gasteiger charge is -2.19. The highest BCUT2D eigenvalue weighted by Gasteiger charge is 2.39. The molecule has 3 nitrogen and oxygen atoms in total. The van der Waals surface area contributed by atoms with Gasteiger partial charge in [-0.25, -0.2) is 0 Å². The van der Waals surface area contributed by atoms with Crippen LogP contribution in [0.5, 0.6) is 11.5 Å². The quantitative estimate of drug-likeness (QED) is 0.933. The summed E-state index contributed by atoms with van der Waals surface area (Å²) in [5, 5.41) is 0. The number of hydrogen-bond donors (Lipinski definition) is 1. The van der Waals surface area contributed by atoms with E-state index in [1.807, 2.05) is 0 Å². The Morgan fingerprint density at radius 1 is 1.18 bits per heavy atom. The van der Waals surface area contributed by atoms with Gasteiger partial charge in [-0.3, -0.25) is 0 Å². The molecule has 1 atom stereocenters. The van der Waals surface area contributed by atoms with Gasteiger partial charge in [-0.2, -0.15) is 13.2 Å². The van der Waals surface area contributed by atoms with Crippen LogP contribution in [0.2, 0.25) is 0 Å². The van der Waals surface area contributed by atoms with E-state index in [-0.39, 0.29) is 11.3 Å². The van der Waals surface area contributed by atoms with Crippen molar-refractivity contribution in [2.75, 3.05) is 14.2 Å². The fourth-order valence-corrected chi connectivity index (χ4v) is 1.83. The molecule has 0 unspecified atom stereocenters. The minimum atomic E-state index is -4.53. The van der Waals surface area contributed by atoms with Gasteiger partial charge >= 0.3 is 6.18 Å². The molecule has 0 saturated carbocycles. The molecule has 0 radical (unpaired) electrons. The van der Waals surface area contributed by atoms with E-state index in [2.05, 4.69) is 15.9 Å². The Labute approximate surface area is 105 Å². The molecule has 0 saturated heterocycles. The van der Waals surface area contributed by atoms with E-state index in [1.165, 1.54) is 26.4 Å². The maximum Gasteiger partial charge on any atom is 0.407 e. The van der Waals surface area contributed by atoms with Crippen LogP contribution in [-0.2, 0) is 0 Å². The zero-order chi connectivity index (χ0) is 13.2. The van der Waals surface area contributed by atoms with Crippen molar-refractivity contribution in [3.63, 3.8) is 0 Å². The third kappa shape index (κ3) is 3.04. The number of nitrogens with two attached hydrogens (primary N) is 1. The van der Waals surface area contributed by atoms with Crippen molar-refractivity contribution in [1.29, 1.82) is 0 Å². The fourth-order valence-electron chi connectivity index (χ4n) is 1.30. The predicted octanol–water partition coefficient (Wildman–Crippen LogP) is 3.03. The molecule has 0 fully saturated rings. The van der Waals surface area contributed by atoms with Crippen molar-refractivity contribution in [2.24, 2.45) is 5.73 Å². The van der Waals surface area contributed by atoms with Crippen molar-refractivity contribution >= 4 is 15.9 Å². The molecular weight excluding hydrogens is 303 g/mol. The molecule has 7 heteroatoms. The van der Waals surface area contributed by atoms with Crippen LogP contribution < -0.4 is 15.2 Å². The fraction of sp³-hybridized carbons (Fsp3) is 0.400. The van der Waals surface area contributed by atoms with E-state index in [9.17, 15) is 13.2 Å². The van der Waals surface area contributed by atoms with Crippen LogP contribution in [0.3, 0.4) is 0 Å².